The number of hydrogen-bond acceptors (Lipinski definition) is 5. The molecule has 3 aromatic rings. The number of urea groups is 1. The Labute approximate surface area is 204 Å². The van der Waals surface area contributed by atoms with E-state index in [2.05, 4.69) is 15.6 Å². The number of para-hydroxylation sites is 2. The van der Waals surface area contributed by atoms with E-state index in [1.54, 1.807) is 36.2 Å². The fourth-order valence-corrected chi connectivity index (χ4v) is 2.58. The summed E-state index contributed by atoms with van der Waals surface area (Å²) in [4.78, 5) is 42.2. The van der Waals surface area contributed by atoms with Crippen LogP contribution in [-0.4, -0.2) is 35.1 Å². The molecule has 12 heteroatoms. The largest absolute Gasteiger partial charge is 0.365 e. The standard InChI is InChI=1S/C19H19N5O3.4ClH/c1-23(14-7-3-2-4-8-14)11-17(25)22-19(27)21-13-24-12-20-16-10-6-5-9-15(16)18(24)26;;;;/h2-10,12H,11,13H2,1H3,(H2,21,22,25,27);4*1H. The summed E-state index contributed by atoms with van der Waals surface area (Å²) >= 11 is 0. The van der Waals surface area contributed by atoms with Crippen LogP contribution in [0.15, 0.2) is 65.7 Å². The molecule has 0 aliphatic rings. The molecule has 0 atom stereocenters. The minimum absolute atomic E-state index is 0. The summed E-state index contributed by atoms with van der Waals surface area (Å²) in [5.74, 6) is -0.456. The molecule has 2 N–H and O–H groups in total. The first-order valence-electron chi connectivity index (χ1n) is 8.32. The first-order valence-corrected chi connectivity index (χ1v) is 8.32. The van der Waals surface area contributed by atoms with Crippen molar-refractivity contribution in [3.8, 4) is 0 Å². The van der Waals surface area contributed by atoms with Gasteiger partial charge in [0.25, 0.3) is 5.56 Å². The van der Waals surface area contributed by atoms with E-state index in [0.29, 0.717) is 10.9 Å². The quantitative estimate of drug-likeness (QED) is 0.550. The Bertz CT molecular complexity index is 1030. The highest BCUT2D eigenvalue weighted by molar-refractivity contribution is 5.96. The third-order valence-electron chi connectivity index (χ3n) is 3.97. The SMILES string of the molecule is CN(CC(=O)NC(=O)NCn1cnc2ccccc2c1=O)c1ccccc1.Cl.Cl.Cl.Cl. The van der Waals surface area contributed by atoms with Crippen molar-refractivity contribution in [3.63, 3.8) is 0 Å². The van der Waals surface area contributed by atoms with Crippen LogP contribution in [-0.2, 0) is 11.5 Å². The van der Waals surface area contributed by atoms with Gasteiger partial charge in [-0.25, -0.2) is 9.78 Å². The lowest BCUT2D eigenvalue weighted by molar-refractivity contribution is -0.118. The fraction of sp³-hybridized carbons (Fsp3) is 0.158. The number of nitrogens with one attached hydrogen (secondary N) is 2. The van der Waals surface area contributed by atoms with Crippen LogP contribution in [0, 0.1) is 0 Å². The maximum atomic E-state index is 12.3. The van der Waals surface area contributed by atoms with E-state index in [-0.39, 0.29) is 68.4 Å². The summed E-state index contributed by atoms with van der Waals surface area (Å²) in [6.45, 7) is -0.0702. The molecule has 170 valence electrons. The van der Waals surface area contributed by atoms with E-state index in [9.17, 15) is 14.4 Å². The van der Waals surface area contributed by atoms with Crippen molar-refractivity contribution in [2.24, 2.45) is 0 Å². The van der Waals surface area contributed by atoms with Crippen molar-refractivity contribution < 1.29 is 9.59 Å². The number of imide groups is 1. The van der Waals surface area contributed by atoms with E-state index in [0.717, 1.165) is 5.69 Å². The topological polar surface area (TPSA) is 96.3 Å². The highest BCUT2D eigenvalue weighted by Crippen LogP contribution is 2.09. The zero-order valence-corrected chi connectivity index (χ0v) is 19.7. The van der Waals surface area contributed by atoms with E-state index >= 15 is 0 Å². The number of fused-ring (bicyclic) bond motifs is 1. The maximum Gasteiger partial charge on any atom is 0.322 e. The first kappa shape index (κ1) is 30.7. The summed E-state index contributed by atoms with van der Waals surface area (Å²) in [5, 5.41) is 5.18. The zero-order valence-electron chi connectivity index (χ0n) is 16.4. The fourth-order valence-electron chi connectivity index (χ4n) is 2.58. The predicted octanol–water partition coefficient (Wildman–Crippen LogP) is 3.00. The molecule has 31 heavy (non-hydrogen) atoms. The van der Waals surface area contributed by atoms with E-state index < -0.39 is 11.9 Å². The third kappa shape index (κ3) is 8.26. The molecule has 1 heterocycles. The van der Waals surface area contributed by atoms with Gasteiger partial charge >= 0.3 is 6.03 Å². The van der Waals surface area contributed by atoms with Crippen molar-refractivity contribution in [2.75, 3.05) is 18.5 Å². The molecule has 2 aromatic carbocycles. The van der Waals surface area contributed by atoms with Gasteiger partial charge < -0.3 is 10.2 Å². The van der Waals surface area contributed by atoms with Crippen LogP contribution in [0.5, 0.6) is 0 Å². The molecule has 0 saturated heterocycles. The molecule has 0 bridgehead atoms. The second kappa shape index (κ2) is 14.5. The number of halogens is 4. The number of aromatic nitrogens is 2. The lowest BCUT2D eigenvalue weighted by Gasteiger charge is -2.18. The van der Waals surface area contributed by atoms with Gasteiger partial charge in [-0.3, -0.25) is 19.5 Å². The second-order valence-electron chi connectivity index (χ2n) is 5.94. The number of carbonyl (C=O) groups excluding carboxylic acids is 2. The van der Waals surface area contributed by atoms with Crippen LogP contribution in [0.4, 0.5) is 10.5 Å². The van der Waals surface area contributed by atoms with E-state index in [4.69, 9.17) is 0 Å². The Balaban J connectivity index is 0. The van der Waals surface area contributed by atoms with Crippen LogP contribution >= 0.6 is 49.6 Å². The Kier molecular flexibility index (Phi) is 14.3. The minimum atomic E-state index is -0.679. The third-order valence-corrected chi connectivity index (χ3v) is 3.97. The van der Waals surface area contributed by atoms with Crippen LogP contribution in [0.3, 0.4) is 0 Å². The van der Waals surface area contributed by atoms with E-state index in [1.807, 2.05) is 30.3 Å². The summed E-state index contributed by atoms with van der Waals surface area (Å²) in [5.41, 5.74) is 1.18. The summed E-state index contributed by atoms with van der Waals surface area (Å²) in [6, 6.07) is 15.6. The zero-order chi connectivity index (χ0) is 19.2. The summed E-state index contributed by atoms with van der Waals surface area (Å²) < 4.78 is 1.27. The van der Waals surface area contributed by atoms with Crippen LogP contribution in [0.2, 0.25) is 0 Å². The molecule has 0 saturated carbocycles. The Morgan fingerprint density at radius 3 is 2.26 bits per heavy atom. The van der Waals surface area contributed by atoms with Crippen molar-refractivity contribution in [3.05, 3.63) is 71.3 Å². The number of amides is 3. The van der Waals surface area contributed by atoms with Crippen LogP contribution < -0.4 is 21.1 Å². The number of benzene rings is 2. The number of carbonyl (C=O) groups is 2. The van der Waals surface area contributed by atoms with Gasteiger partial charge in [0.05, 0.1) is 23.8 Å². The highest BCUT2D eigenvalue weighted by atomic mass is 35.5. The van der Waals surface area contributed by atoms with Crippen LogP contribution in [0.25, 0.3) is 10.9 Å². The molecule has 1 aromatic heterocycles. The van der Waals surface area contributed by atoms with Gasteiger partial charge in [0.1, 0.15) is 6.67 Å². The van der Waals surface area contributed by atoms with Crippen molar-refractivity contribution >= 4 is 78.2 Å². The smallest absolute Gasteiger partial charge is 0.322 e. The van der Waals surface area contributed by atoms with Gasteiger partial charge in [0.2, 0.25) is 5.91 Å². The lowest BCUT2D eigenvalue weighted by Crippen LogP contribution is -2.45. The second-order valence-corrected chi connectivity index (χ2v) is 5.94. The average Bonchev–Trinajstić information content (AvgIpc) is 2.68. The Hall–Kier alpha value is -2.52. The monoisotopic (exact) mass is 509 g/mol. The average molecular weight is 511 g/mol. The number of anilines is 1. The number of rotatable bonds is 5. The Morgan fingerprint density at radius 1 is 0.968 bits per heavy atom. The molecular weight excluding hydrogens is 488 g/mol. The van der Waals surface area contributed by atoms with Crippen molar-refractivity contribution in [2.45, 2.75) is 6.67 Å². The molecule has 3 amide bonds. The Morgan fingerprint density at radius 2 is 1.58 bits per heavy atom. The molecule has 3 rings (SSSR count). The van der Waals surface area contributed by atoms with E-state index in [1.165, 1.54) is 10.9 Å². The van der Waals surface area contributed by atoms with Crippen LogP contribution in [0.1, 0.15) is 0 Å². The van der Waals surface area contributed by atoms with Gasteiger partial charge in [0.15, 0.2) is 0 Å². The van der Waals surface area contributed by atoms with Crippen molar-refractivity contribution in [1.82, 2.24) is 20.2 Å². The minimum Gasteiger partial charge on any atom is -0.365 e. The predicted molar refractivity (Wildman–Crippen MR) is 131 cm³/mol. The lowest BCUT2D eigenvalue weighted by atomic mass is 10.2. The van der Waals surface area contributed by atoms with Gasteiger partial charge in [0, 0.05) is 12.7 Å². The molecule has 0 fully saturated rings. The highest BCUT2D eigenvalue weighted by Gasteiger charge is 2.11. The molecule has 8 nitrogen and oxygen atoms in total. The molecule has 0 spiro atoms. The van der Waals surface area contributed by atoms with Gasteiger partial charge in [-0.1, -0.05) is 30.3 Å². The molecule has 0 aliphatic carbocycles. The number of likely N-dealkylation sites (N-methyl/N-ethyl adjacent to an activating group) is 1. The summed E-state index contributed by atoms with van der Waals surface area (Å²) in [6.07, 6.45) is 1.36. The van der Waals surface area contributed by atoms with Gasteiger partial charge in [-0.2, -0.15) is 0 Å². The normalized spacial score (nSPS) is 9.06. The molecule has 0 radical (unpaired) electrons. The molecular formula is C19H23Cl4N5O3. The van der Waals surface area contributed by atoms with Gasteiger partial charge in [-0.15, -0.1) is 49.6 Å². The number of nitrogens with zero attached hydrogens (tertiary/aromatic N) is 3. The number of hydrogen-bond donors (Lipinski definition) is 2. The first-order chi connectivity index (χ1) is 13.0. The van der Waals surface area contributed by atoms with Gasteiger partial charge in [-0.05, 0) is 24.3 Å². The maximum absolute atomic E-state index is 12.3. The summed E-state index contributed by atoms with van der Waals surface area (Å²) in [7, 11) is 1.76. The molecule has 0 unspecified atom stereocenters. The van der Waals surface area contributed by atoms with Crippen molar-refractivity contribution in [1.29, 1.82) is 0 Å². The molecule has 0 aliphatic heterocycles.